The van der Waals surface area contributed by atoms with E-state index < -0.39 is 0 Å². The van der Waals surface area contributed by atoms with Gasteiger partial charge in [0.1, 0.15) is 5.82 Å². The van der Waals surface area contributed by atoms with Crippen LogP contribution < -0.4 is 11.2 Å². The van der Waals surface area contributed by atoms with Gasteiger partial charge in [0.2, 0.25) is 5.91 Å². The third-order valence-corrected chi connectivity index (χ3v) is 2.86. The second kappa shape index (κ2) is 5.25. The van der Waals surface area contributed by atoms with Crippen molar-refractivity contribution in [3.05, 3.63) is 35.6 Å². The number of hydrogen-bond donors (Lipinski definition) is 2. The third-order valence-electron chi connectivity index (χ3n) is 2.86. The van der Waals surface area contributed by atoms with Gasteiger partial charge >= 0.3 is 0 Å². The average Bonchev–Trinajstić information content (AvgIpc) is 2.68. The van der Waals surface area contributed by atoms with Crippen LogP contribution in [0.15, 0.2) is 24.3 Å². The highest BCUT2D eigenvalue weighted by Crippen LogP contribution is 2.27. The summed E-state index contributed by atoms with van der Waals surface area (Å²) in [5.74, 6) is -0.308. The van der Waals surface area contributed by atoms with E-state index >= 15 is 0 Å². The number of rotatable bonds is 4. The molecule has 1 heterocycles. The SMILES string of the molecule is NCCCN1NC(=O)CC1c1cccc(F)c1. The Kier molecular flexibility index (Phi) is 3.71. The summed E-state index contributed by atoms with van der Waals surface area (Å²) in [6.45, 7) is 1.26. The molecule has 3 N–H and O–H groups in total. The number of nitrogens with one attached hydrogen (secondary N) is 1. The van der Waals surface area contributed by atoms with Crippen LogP contribution in [0, 0.1) is 5.82 Å². The van der Waals surface area contributed by atoms with E-state index in [1.807, 2.05) is 11.1 Å². The zero-order chi connectivity index (χ0) is 12.3. The Morgan fingerprint density at radius 1 is 1.53 bits per heavy atom. The van der Waals surface area contributed by atoms with E-state index in [2.05, 4.69) is 5.43 Å². The molecular weight excluding hydrogens is 221 g/mol. The Bertz CT molecular complexity index is 410. The zero-order valence-electron chi connectivity index (χ0n) is 9.53. The zero-order valence-corrected chi connectivity index (χ0v) is 9.53. The predicted molar refractivity (Wildman–Crippen MR) is 62.3 cm³/mol. The molecule has 1 saturated heterocycles. The van der Waals surface area contributed by atoms with E-state index in [-0.39, 0.29) is 17.8 Å². The molecule has 0 aromatic heterocycles. The van der Waals surface area contributed by atoms with Crippen LogP contribution in [0.3, 0.4) is 0 Å². The fourth-order valence-electron chi connectivity index (χ4n) is 2.05. The molecule has 1 unspecified atom stereocenters. The van der Waals surface area contributed by atoms with Gasteiger partial charge in [0.25, 0.3) is 0 Å². The molecule has 1 aromatic rings. The van der Waals surface area contributed by atoms with Crippen LogP contribution in [-0.2, 0) is 4.79 Å². The Balaban J connectivity index is 2.14. The van der Waals surface area contributed by atoms with E-state index in [1.54, 1.807) is 6.07 Å². The first-order valence-electron chi connectivity index (χ1n) is 5.72. The minimum atomic E-state index is -0.277. The van der Waals surface area contributed by atoms with Crippen LogP contribution in [0.2, 0.25) is 0 Å². The van der Waals surface area contributed by atoms with Crippen LogP contribution in [0.5, 0.6) is 0 Å². The summed E-state index contributed by atoms with van der Waals surface area (Å²) < 4.78 is 13.2. The first kappa shape index (κ1) is 12.0. The molecule has 1 fully saturated rings. The summed E-state index contributed by atoms with van der Waals surface area (Å²) in [6, 6.07) is 6.28. The highest BCUT2D eigenvalue weighted by Gasteiger charge is 2.30. The number of nitrogens with zero attached hydrogens (tertiary/aromatic N) is 1. The van der Waals surface area contributed by atoms with Gasteiger partial charge in [-0.1, -0.05) is 12.1 Å². The van der Waals surface area contributed by atoms with Crippen LogP contribution in [-0.4, -0.2) is 24.0 Å². The Morgan fingerprint density at radius 2 is 2.35 bits per heavy atom. The molecule has 1 atom stereocenters. The maximum atomic E-state index is 13.2. The maximum absolute atomic E-state index is 13.2. The van der Waals surface area contributed by atoms with Crippen LogP contribution in [0.4, 0.5) is 4.39 Å². The molecule has 1 aliphatic rings. The van der Waals surface area contributed by atoms with Crippen molar-refractivity contribution in [1.82, 2.24) is 10.4 Å². The van der Waals surface area contributed by atoms with Gasteiger partial charge in [0.15, 0.2) is 0 Å². The largest absolute Gasteiger partial charge is 0.330 e. The smallest absolute Gasteiger partial charge is 0.236 e. The Hall–Kier alpha value is -1.46. The molecule has 0 radical (unpaired) electrons. The number of nitrogens with two attached hydrogens (primary N) is 1. The average molecular weight is 237 g/mol. The van der Waals surface area contributed by atoms with Crippen molar-refractivity contribution < 1.29 is 9.18 Å². The molecule has 1 aromatic carbocycles. The standard InChI is InChI=1S/C12H16FN3O/c13-10-4-1-3-9(7-10)11-8-12(17)15-16(11)6-2-5-14/h1,3-4,7,11H,2,5-6,8,14H2,(H,15,17). The molecule has 1 aliphatic heterocycles. The fourth-order valence-corrected chi connectivity index (χ4v) is 2.05. The minimum Gasteiger partial charge on any atom is -0.330 e. The van der Waals surface area contributed by atoms with Crippen LogP contribution in [0.25, 0.3) is 0 Å². The summed E-state index contributed by atoms with van der Waals surface area (Å²) in [5.41, 5.74) is 9.04. The van der Waals surface area contributed by atoms with Crippen molar-refractivity contribution >= 4 is 5.91 Å². The van der Waals surface area contributed by atoms with Gasteiger partial charge < -0.3 is 5.73 Å². The van der Waals surface area contributed by atoms with E-state index in [4.69, 9.17) is 5.73 Å². The third kappa shape index (κ3) is 2.81. The lowest BCUT2D eigenvalue weighted by atomic mass is 10.0. The number of carbonyl (C=O) groups is 1. The Labute approximate surface area is 99.6 Å². The van der Waals surface area contributed by atoms with E-state index in [1.165, 1.54) is 12.1 Å². The number of amides is 1. The van der Waals surface area contributed by atoms with Crippen LogP contribution >= 0.6 is 0 Å². The molecule has 2 rings (SSSR count). The molecule has 17 heavy (non-hydrogen) atoms. The lowest BCUT2D eigenvalue weighted by Crippen LogP contribution is -2.36. The number of benzene rings is 1. The molecule has 4 nitrogen and oxygen atoms in total. The van der Waals surface area contributed by atoms with E-state index in [9.17, 15) is 9.18 Å². The van der Waals surface area contributed by atoms with Gasteiger partial charge in [-0.3, -0.25) is 10.2 Å². The predicted octanol–water partition coefficient (Wildman–Crippen LogP) is 0.953. The second-order valence-corrected chi connectivity index (χ2v) is 4.15. The second-order valence-electron chi connectivity index (χ2n) is 4.15. The summed E-state index contributed by atoms with van der Waals surface area (Å²) in [6.07, 6.45) is 1.17. The summed E-state index contributed by atoms with van der Waals surface area (Å²) in [4.78, 5) is 11.4. The molecular formula is C12H16FN3O. The number of carbonyl (C=O) groups excluding carboxylic acids is 1. The normalized spacial score (nSPS) is 20.6. The minimum absolute atomic E-state index is 0.0312. The highest BCUT2D eigenvalue weighted by molar-refractivity contribution is 5.78. The summed E-state index contributed by atoms with van der Waals surface area (Å²) >= 11 is 0. The van der Waals surface area contributed by atoms with Gasteiger partial charge in [-0.25, -0.2) is 9.40 Å². The maximum Gasteiger partial charge on any atom is 0.236 e. The van der Waals surface area contributed by atoms with Crippen LogP contribution in [0.1, 0.15) is 24.4 Å². The number of hydrazine groups is 1. The summed E-state index contributed by atoms with van der Waals surface area (Å²) in [7, 11) is 0. The molecule has 0 bridgehead atoms. The van der Waals surface area contributed by atoms with Gasteiger partial charge in [0.05, 0.1) is 6.04 Å². The fraction of sp³-hybridized carbons (Fsp3) is 0.417. The number of hydrogen-bond acceptors (Lipinski definition) is 3. The van der Waals surface area contributed by atoms with Crippen molar-refractivity contribution in [3.63, 3.8) is 0 Å². The van der Waals surface area contributed by atoms with Crippen molar-refractivity contribution in [2.45, 2.75) is 18.9 Å². The molecule has 1 amide bonds. The molecule has 0 aliphatic carbocycles. The molecule has 0 saturated carbocycles. The Morgan fingerprint density at radius 3 is 3.06 bits per heavy atom. The first-order chi connectivity index (χ1) is 8.20. The van der Waals surface area contributed by atoms with Crippen molar-refractivity contribution in [2.24, 2.45) is 5.73 Å². The highest BCUT2D eigenvalue weighted by atomic mass is 19.1. The summed E-state index contributed by atoms with van der Waals surface area (Å²) in [5, 5.41) is 1.84. The molecule has 92 valence electrons. The molecule has 5 heteroatoms. The monoisotopic (exact) mass is 237 g/mol. The number of halogens is 1. The van der Waals surface area contributed by atoms with Crippen molar-refractivity contribution in [3.8, 4) is 0 Å². The quantitative estimate of drug-likeness (QED) is 0.819. The van der Waals surface area contributed by atoms with Crippen molar-refractivity contribution in [2.75, 3.05) is 13.1 Å². The van der Waals surface area contributed by atoms with Gasteiger partial charge in [-0.2, -0.15) is 0 Å². The van der Waals surface area contributed by atoms with E-state index in [0.29, 0.717) is 19.5 Å². The van der Waals surface area contributed by atoms with Crippen molar-refractivity contribution in [1.29, 1.82) is 0 Å². The first-order valence-corrected chi connectivity index (χ1v) is 5.72. The van der Waals surface area contributed by atoms with Gasteiger partial charge in [-0.05, 0) is 30.7 Å². The molecule has 0 spiro atoms. The lowest BCUT2D eigenvalue weighted by molar-refractivity contribution is -0.121. The van der Waals surface area contributed by atoms with Gasteiger partial charge in [-0.15, -0.1) is 0 Å². The van der Waals surface area contributed by atoms with Gasteiger partial charge in [0, 0.05) is 13.0 Å². The lowest BCUT2D eigenvalue weighted by Gasteiger charge is -2.23. The topological polar surface area (TPSA) is 58.4 Å². The van der Waals surface area contributed by atoms with E-state index in [0.717, 1.165) is 12.0 Å².